The lowest BCUT2D eigenvalue weighted by Crippen LogP contribution is -2.34. The van der Waals surface area contributed by atoms with E-state index >= 15 is 0 Å². The largest absolute Gasteiger partial charge is 0.450 e. The Labute approximate surface area is 117 Å². The molecule has 1 amide bonds. The lowest BCUT2D eigenvalue weighted by Gasteiger charge is -2.08. The highest BCUT2D eigenvalue weighted by molar-refractivity contribution is 9.10. The third-order valence-electron chi connectivity index (χ3n) is 1.54. The molecule has 17 heavy (non-hydrogen) atoms. The Morgan fingerprint density at radius 1 is 1.65 bits per heavy atom. The van der Waals surface area contributed by atoms with Crippen molar-refractivity contribution in [2.24, 2.45) is 0 Å². The van der Waals surface area contributed by atoms with E-state index in [0.717, 1.165) is 0 Å². The molecule has 0 spiro atoms. The van der Waals surface area contributed by atoms with Gasteiger partial charge in [0.1, 0.15) is 11.0 Å². The van der Waals surface area contributed by atoms with Crippen LogP contribution < -0.4 is 10.6 Å². The van der Waals surface area contributed by atoms with Crippen LogP contribution in [0.4, 0.5) is 10.6 Å². The molecule has 0 aromatic carbocycles. The molecule has 0 fully saturated rings. The third-order valence-corrected chi connectivity index (χ3v) is 2.90. The highest BCUT2D eigenvalue weighted by Gasteiger charge is 2.06. The molecular weight excluding hydrogens is 330 g/mol. The van der Waals surface area contributed by atoms with Crippen molar-refractivity contribution in [3.8, 4) is 0 Å². The van der Waals surface area contributed by atoms with Gasteiger partial charge in [0.15, 0.2) is 5.11 Å². The second kappa shape index (κ2) is 6.73. The summed E-state index contributed by atoms with van der Waals surface area (Å²) in [5, 5.41) is 5.42. The first-order chi connectivity index (χ1) is 8.02. The average Bonchev–Trinajstić information content (AvgIpc) is 2.23. The molecule has 0 saturated heterocycles. The van der Waals surface area contributed by atoms with Gasteiger partial charge in [-0.2, -0.15) is 0 Å². The van der Waals surface area contributed by atoms with Crippen LogP contribution in [0.1, 0.15) is 6.92 Å². The van der Waals surface area contributed by atoms with Crippen LogP contribution in [-0.4, -0.2) is 22.8 Å². The first kappa shape index (κ1) is 14.1. The summed E-state index contributed by atoms with van der Waals surface area (Å²) in [6.07, 6.45) is -0.617. The molecule has 0 radical (unpaired) electrons. The van der Waals surface area contributed by atoms with E-state index in [9.17, 15) is 4.79 Å². The van der Waals surface area contributed by atoms with Crippen LogP contribution in [0.5, 0.6) is 0 Å². The van der Waals surface area contributed by atoms with Crippen LogP contribution in [0.3, 0.4) is 0 Å². The van der Waals surface area contributed by atoms with E-state index < -0.39 is 6.09 Å². The van der Waals surface area contributed by atoms with Crippen molar-refractivity contribution in [1.82, 2.24) is 10.3 Å². The van der Waals surface area contributed by atoms with Crippen LogP contribution in [0.15, 0.2) is 16.6 Å². The maximum atomic E-state index is 11.0. The molecule has 0 unspecified atom stereocenters. The smallest absolute Gasteiger partial charge is 0.413 e. The number of carbonyl (C=O) groups is 1. The van der Waals surface area contributed by atoms with Crippen LogP contribution in [0.25, 0.3) is 0 Å². The number of hydrogen-bond acceptors (Lipinski definition) is 4. The molecule has 92 valence electrons. The van der Waals surface area contributed by atoms with Gasteiger partial charge in [-0.15, -0.1) is 0 Å². The quantitative estimate of drug-likeness (QED) is 0.641. The number of halogens is 2. The lowest BCUT2D eigenvalue weighted by atomic mass is 10.5. The molecule has 0 bridgehead atoms. The minimum absolute atomic E-state index is 0.0920. The minimum atomic E-state index is -0.617. The molecule has 2 N–H and O–H groups in total. The van der Waals surface area contributed by atoms with Crippen LogP contribution in [0, 0.1) is 0 Å². The van der Waals surface area contributed by atoms with E-state index in [0.29, 0.717) is 15.4 Å². The summed E-state index contributed by atoms with van der Waals surface area (Å²) in [4.78, 5) is 15.0. The Kier molecular flexibility index (Phi) is 5.60. The number of amides is 1. The fourth-order valence-electron chi connectivity index (χ4n) is 0.894. The Bertz CT molecular complexity index is 444. The normalized spacial score (nSPS) is 9.59. The minimum Gasteiger partial charge on any atom is -0.450 e. The van der Waals surface area contributed by atoms with Crippen molar-refractivity contribution >= 4 is 56.8 Å². The Hall–Kier alpha value is -0.920. The standard InChI is InChI=1S/C9H9BrClN3O2S/c1-2-16-9(15)14-8(17)13-6-4-3-5(10)7(11)12-6/h3-4H,2H2,1H3,(H2,12,13,14,15,17). The summed E-state index contributed by atoms with van der Waals surface area (Å²) in [6, 6.07) is 3.37. The number of alkyl carbamates (subject to hydrolysis) is 1. The van der Waals surface area contributed by atoms with Gasteiger partial charge in [-0.05, 0) is 47.2 Å². The van der Waals surface area contributed by atoms with Crippen LogP contribution >= 0.6 is 39.7 Å². The highest BCUT2D eigenvalue weighted by Crippen LogP contribution is 2.21. The lowest BCUT2D eigenvalue weighted by molar-refractivity contribution is 0.158. The zero-order valence-corrected chi connectivity index (χ0v) is 11.9. The van der Waals surface area contributed by atoms with Gasteiger partial charge in [-0.1, -0.05) is 11.6 Å². The average molecular weight is 339 g/mol. The first-order valence-electron chi connectivity index (χ1n) is 4.59. The zero-order chi connectivity index (χ0) is 12.8. The predicted octanol–water partition coefficient (Wildman–Crippen LogP) is 2.94. The number of thiocarbonyl (C=S) groups is 1. The van der Waals surface area contributed by atoms with E-state index in [-0.39, 0.29) is 11.7 Å². The van der Waals surface area contributed by atoms with Crippen molar-refractivity contribution in [2.45, 2.75) is 6.92 Å². The van der Waals surface area contributed by atoms with Crippen molar-refractivity contribution in [1.29, 1.82) is 0 Å². The van der Waals surface area contributed by atoms with Gasteiger partial charge < -0.3 is 10.1 Å². The molecule has 5 nitrogen and oxygen atoms in total. The monoisotopic (exact) mass is 337 g/mol. The molecule has 0 aliphatic heterocycles. The van der Waals surface area contributed by atoms with Crippen LogP contribution in [0.2, 0.25) is 5.15 Å². The zero-order valence-electron chi connectivity index (χ0n) is 8.79. The Balaban J connectivity index is 2.56. The number of nitrogens with zero attached hydrogens (tertiary/aromatic N) is 1. The summed E-state index contributed by atoms with van der Waals surface area (Å²) in [5.74, 6) is 0.431. The fourth-order valence-corrected chi connectivity index (χ4v) is 1.46. The van der Waals surface area contributed by atoms with Gasteiger partial charge in [-0.25, -0.2) is 9.78 Å². The van der Waals surface area contributed by atoms with Gasteiger partial charge in [0.2, 0.25) is 0 Å². The van der Waals surface area contributed by atoms with E-state index in [2.05, 4.69) is 36.3 Å². The van der Waals surface area contributed by atoms with Crippen LogP contribution in [-0.2, 0) is 4.74 Å². The summed E-state index contributed by atoms with van der Waals surface area (Å²) < 4.78 is 5.34. The summed E-state index contributed by atoms with van der Waals surface area (Å²) in [6.45, 7) is 1.98. The summed E-state index contributed by atoms with van der Waals surface area (Å²) >= 11 is 13.9. The number of hydrogen-bond donors (Lipinski definition) is 2. The molecule has 0 aliphatic carbocycles. The molecule has 1 aromatic rings. The van der Waals surface area contributed by atoms with Crippen molar-refractivity contribution in [3.05, 3.63) is 21.8 Å². The second-order valence-corrected chi connectivity index (χ2v) is 4.39. The molecule has 1 rings (SSSR count). The molecule has 0 saturated carbocycles. The molecular formula is C9H9BrClN3O2S. The van der Waals surface area contributed by atoms with Gasteiger partial charge in [0.05, 0.1) is 11.1 Å². The van der Waals surface area contributed by atoms with E-state index in [1.165, 1.54) is 0 Å². The van der Waals surface area contributed by atoms with Gasteiger partial charge >= 0.3 is 6.09 Å². The summed E-state index contributed by atoms with van der Waals surface area (Å²) in [7, 11) is 0. The van der Waals surface area contributed by atoms with Crippen molar-refractivity contribution in [2.75, 3.05) is 11.9 Å². The van der Waals surface area contributed by atoms with Crippen molar-refractivity contribution in [3.63, 3.8) is 0 Å². The van der Waals surface area contributed by atoms with E-state index in [1.54, 1.807) is 19.1 Å². The first-order valence-corrected chi connectivity index (χ1v) is 6.17. The topological polar surface area (TPSA) is 63.2 Å². The Morgan fingerprint density at radius 2 is 2.35 bits per heavy atom. The number of nitrogens with one attached hydrogen (secondary N) is 2. The Morgan fingerprint density at radius 3 is 2.94 bits per heavy atom. The van der Waals surface area contributed by atoms with E-state index in [4.69, 9.17) is 23.8 Å². The molecule has 0 atom stereocenters. The number of pyridine rings is 1. The van der Waals surface area contributed by atoms with Gasteiger partial charge in [0, 0.05) is 0 Å². The fraction of sp³-hybridized carbons (Fsp3) is 0.222. The maximum Gasteiger partial charge on any atom is 0.413 e. The third kappa shape index (κ3) is 4.84. The predicted molar refractivity (Wildman–Crippen MR) is 73.3 cm³/mol. The molecule has 1 aromatic heterocycles. The van der Waals surface area contributed by atoms with Gasteiger partial charge in [0.25, 0.3) is 0 Å². The number of rotatable bonds is 2. The molecule has 8 heteroatoms. The molecule has 0 aliphatic rings. The SMILES string of the molecule is CCOC(=O)NC(=S)Nc1ccc(Br)c(Cl)n1. The number of aromatic nitrogens is 1. The summed E-state index contributed by atoms with van der Waals surface area (Å²) in [5.41, 5.74) is 0. The van der Waals surface area contributed by atoms with E-state index in [1.807, 2.05) is 0 Å². The number of ether oxygens (including phenoxy) is 1. The number of carbonyl (C=O) groups excluding carboxylic acids is 1. The highest BCUT2D eigenvalue weighted by atomic mass is 79.9. The van der Waals surface area contributed by atoms with Crippen molar-refractivity contribution < 1.29 is 9.53 Å². The maximum absolute atomic E-state index is 11.0. The molecule has 1 heterocycles. The number of anilines is 1. The van der Waals surface area contributed by atoms with Gasteiger partial charge in [-0.3, -0.25) is 5.32 Å². The second-order valence-electron chi connectivity index (χ2n) is 2.77.